The number of aryl methyl sites for hydroxylation is 2. The molecule has 0 spiro atoms. The number of amides is 2. The van der Waals surface area contributed by atoms with Crippen LogP contribution in [0.15, 0.2) is 30.5 Å². The lowest BCUT2D eigenvalue weighted by Gasteiger charge is -2.11. The number of rotatable bonds is 2. The molecule has 2 aliphatic heterocycles. The second kappa shape index (κ2) is 4.52. The zero-order valence-corrected chi connectivity index (χ0v) is 11.5. The van der Waals surface area contributed by atoms with Gasteiger partial charge in [0.05, 0.1) is 11.1 Å². The molecule has 0 saturated heterocycles. The summed E-state index contributed by atoms with van der Waals surface area (Å²) < 4.78 is 1.87. The third-order valence-electron chi connectivity index (χ3n) is 3.80. The van der Waals surface area contributed by atoms with Crippen molar-refractivity contribution < 1.29 is 19.2 Å². The lowest BCUT2D eigenvalue weighted by atomic mass is 10.1. The largest absolute Gasteiger partial charge is 0.383 e. The highest BCUT2D eigenvalue weighted by Gasteiger charge is 2.39. The van der Waals surface area contributed by atoms with Crippen molar-refractivity contribution in [1.82, 2.24) is 14.6 Å². The van der Waals surface area contributed by atoms with Crippen molar-refractivity contribution >= 4 is 17.8 Å². The number of nitrogens with zero attached hydrogens (tertiary/aromatic N) is 3. The molecule has 0 radical (unpaired) electrons. The average Bonchev–Trinajstić information content (AvgIpc) is 3.17. The average molecular weight is 297 g/mol. The molecule has 22 heavy (non-hydrogen) atoms. The van der Waals surface area contributed by atoms with Gasteiger partial charge in [0.1, 0.15) is 5.82 Å². The number of hydrogen-bond donors (Lipinski definition) is 0. The van der Waals surface area contributed by atoms with Crippen molar-refractivity contribution in [2.45, 2.75) is 19.4 Å². The summed E-state index contributed by atoms with van der Waals surface area (Å²) in [7, 11) is 0. The molecule has 0 N–H and O–H groups in total. The minimum atomic E-state index is -0.809. The van der Waals surface area contributed by atoms with Gasteiger partial charge in [-0.2, -0.15) is 0 Å². The lowest BCUT2D eigenvalue weighted by Crippen LogP contribution is -2.32. The summed E-state index contributed by atoms with van der Waals surface area (Å²) in [5, 5.41) is 0.497. The quantitative estimate of drug-likeness (QED) is 0.778. The molecule has 4 rings (SSSR count). The van der Waals surface area contributed by atoms with Gasteiger partial charge in [-0.1, -0.05) is 17.2 Å². The first kappa shape index (κ1) is 12.8. The standard InChI is InChI=1S/C15H11N3O4/c19-13-9-4-1-2-5-10(9)14(20)18(13)22-15(21)11-8-17-7-3-6-12(17)16-11/h1-2,4-5,8H,3,6-7H2. The van der Waals surface area contributed by atoms with E-state index in [2.05, 4.69) is 4.98 Å². The monoisotopic (exact) mass is 297 g/mol. The Balaban J connectivity index is 1.58. The van der Waals surface area contributed by atoms with Crippen LogP contribution in [0.1, 0.15) is 43.4 Å². The Morgan fingerprint density at radius 1 is 1.14 bits per heavy atom. The van der Waals surface area contributed by atoms with Crippen LogP contribution in [-0.4, -0.2) is 32.4 Å². The Bertz CT molecular complexity index is 767. The van der Waals surface area contributed by atoms with E-state index in [-0.39, 0.29) is 16.8 Å². The highest BCUT2D eigenvalue weighted by atomic mass is 16.7. The summed E-state index contributed by atoms with van der Waals surface area (Å²) in [5.41, 5.74) is 0.562. The Labute approximate surface area is 125 Å². The zero-order valence-electron chi connectivity index (χ0n) is 11.5. The molecule has 0 unspecified atom stereocenters. The molecule has 0 fully saturated rings. The zero-order chi connectivity index (χ0) is 15.3. The van der Waals surface area contributed by atoms with Gasteiger partial charge in [-0.15, -0.1) is 0 Å². The first-order valence-electron chi connectivity index (χ1n) is 6.91. The summed E-state index contributed by atoms with van der Waals surface area (Å²) in [6, 6.07) is 6.34. The molecule has 0 saturated carbocycles. The molecule has 2 aromatic rings. The van der Waals surface area contributed by atoms with Crippen molar-refractivity contribution in [1.29, 1.82) is 0 Å². The minimum Gasteiger partial charge on any atom is -0.334 e. The fraction of sp³-hybridized carbons (Fsp3) is 0.200. The van der Waals surface area contributed by atoms with E-state index in [9.17, 15) is 14.4 Å². The molecule has 0 bridgehead atoms. The van der Waals surface area contributed by atoms with Crippen molar-refractivity contribution in [3.8, 4) is 0 Å². The van der Waals surface area contributed by atoms with E-state index in [1.54, 1.807) is 18.3 Å². The van der Waals surface area contributed by atoms with Crippen LogP contribution in [-0.2, 0) is 17.8 Å². The Hall–Kier alpha value is -2.96. The van der Waals surface area contributed by atoms with Gasteiger partial charge in [0.2, 0.25) is 0 Å². The molecule has 7 heteroatoms. The van der Waals surface area contributed by atoms with E-state index in [1.165, 1.54) is 12.1 Å². The first-order valence-corrected chi connectivity index (χ1v) is 6.91. The fourth-order valence-corrected chi connectivity index (χ4v) is 2.73. The predicted molar refractivity (Wildman–Crippen MR) is 72.9 cm³/mol. The summed E-state index contributed by atoms with van der Waals surface area (Å²) >= 11 is 0. The highest BCUT2D eigenvalue weighted by molar-refractivity contribution is 6.21. The van der Waals surface area contributed by atoms with Crippen LogP contribution in [0.2, 0.25) is 0 Å². The highest BCUT2D eigenvalue weighted by Crippen LogP contribution is 2.23. The molecule has 1 aromatic heterocycles. The summed E-state index contributed by atoms with van der Waals surface area (Å²) in [6.07, 6.45) is 3.39. The number of fused-ring (bicyclic) bond motifs is 2. The van der Waals surface area contributed by atoms with E-state index in [0.29, 0.717) is 5.06 Å². The number of benzene rings is 1. The number of imidazole rings is 1. The molecule has 7 nitrogen and oxygen atoms in total. The summed E-state index contributed by atoms with van der Waals surface area (Å²) in [6.45, 7) is 0.808. The predicted octanol–water partition coefficient (Wildman–Crippen LogP) is 1.20. The first-order chi connectivity index (χ1) is 10.6. The maximum atomic E-state index is 12.1. The molecule has 2 amide bonds. The van der Waals surface area contributed by atoms with E-state index in [0.717, 1.165) is 25.2 Å². The Morgan fingerprint density at radius 3 is 2.45 bits per heavy atom. The Kier molecular flexibility index (Phi) is 2.62. The van der Waals surface area contributed by atoms with Gasteiger partial charge in [-0.05, 0) is 18.6 Å². The molecule has 3 heterocycles. The molecule has 110 valence electrons. The van der Waals surface area contributed by atoms with Crippen LogP contribution in [0.5, 0.6) is 0 Å². The molecular weight excluding hydrogens is 286 g/mol. The second-order valence-corrected chi connectivity index (χ2v) is 5.17. The van der Waals surface area contributed by atoms with Crippen LogP contribution in [0, 0.1) is 0 Å². The molecule has 0 aliphatic carbocycles. The molecular formula is C15H11N3O4. The number of aromatic nitrogens is 2. The van der Waals surface area contributed by atoms with Crippen molar-refractivity contribution in [2.75, 3.05) is 0 Å². The molecule has 1 aromatic carbocycles. The topological polar surface area (TPSA) is 81.5 Å². The van der Waals surface area contributed by atoms with E-state index < -0.39 is 17.8 Å². The van der Waals surface area contributed by atoms with Crippen LogP contribution >= 0.6 is 0 Å². The summed E-state index contributed by atoms with van der Waals surface area (Å²) in [5.74, 6) is -1.27. The normalized spacial score (nSPS) is 15.9. The van der Waals surface area contributed by atoms with Gasteiger partial charge in [0.25, 0.3) is 11.8 Å². The number of carbonyl (C=O) groups is 3. The second-order valence-electron chi connectivity index (χ2n) is 5.17. The van der Waals surface area contributed by atoms with Crippen LogP contribution in [0.4, 0.5) is 0 Å². The third kappa shape index (κ3) is 1.75. The number of hydroxylamine groups is 2. The van der Waals surface area contributed by atoms with Crippen molar-refractivity contribution in [3.63, 3.8) is 0 Å². The van der Waals surface area contributed by atoms with Gasteiger partial charge in [-0.25, -0.2) is 9.78 Å². The van der Waals surface area contributed by atoms with Gasteiger partial charge in [0.15, 0.2) is 5.69 Å². The van der Waals surface area contributed by atoms with Gasteiger partial charge in [-0.3, -0.25) is 9.59 Å². The summed E-state index contributed by atoms with van der Waals surface area (Å²) in [4.78, 5) is 45.5. The SMILES string of the molecule is O=C(ON1C(=O)c2ccccc2C1=O)c1cn2c(n1)CCC2. The van der Waals surface area contributed by atoms with E-state index >= 15 is 0 Å². The third-order valence-corrected chi connectivity index (χ3v) is 3.80. The van der Waals surface area contributed by atoms with E-state index in [4.69, 9.17) is 4.84 Å². The Morgan fingerprint density at radius 2 is 1.82 bits per heavy atom. The maximum absolute atomic E-state index is 12.1. The lowest BCUT2D eigenvalue weighted by molar-refractivity contribution is -0.0588. The minimum absolute atomic E-state index is 0.103. The van der Waals surface area contributed by atoms with E-state index in [1.807, 2.05) is 4.57 Å². The van der Waals surface area contributed by atoms with Crippen molar-refractivity contribution in [3.05, 3.63) is 53.1 Å². The number of hydrogen-bond acceptors (Lipinski definition) is 5. The molecule has 2 aliphatic rings. The van der Waals surface area contributed by atoms with Gasteiger partial charge in [0, 0.05) is 19.2 Å². The number of imide groups is 1. The van der Waals surface area contributed by atoms with Gasteiger partial charge < -0.3 is 9.40 Å². The fourth-order valence-electron chi connectivity index (χ4n) is 2.73. The smallest absolute Gasteiger partial charge is 0.334 e. The number of carbonyl (C=O) groups excluding carboxylic acids is 3. The van der Waals surface area contributed by atoms with Crippen LogP contribution in [0.25, 0.3) is 0 Å². The maximum Gasteiger partial charge on any atom is 0.383 e. The molecule has 0 atom stereocenters. The van der Waals surface area contributed by atoms with Crippen LogP contribution in [0.3, 0.4) is 0 Å². The van der Waals surface area contributed by atoms with Gasteiger partial charge >= 0.3 is 5.97 Å². The van der Waals surface area contributed by atoms with Crippen LogP contribution < -0.4 is 0 Å². The van der Waals surface area contributed by atoms with Crippen molar-refractivity contribution in [2.24, 2.45) is 0 Å².